The number of nitrogens with zero attached hydrogens (tertiary/aromatic N) is 2. The normalized spacial score (nSPS) is 13.4. The quantitative estimate of drug-likeness (QED) is 0.679. The highest BCUT2D eigenvalue weighted by Gasteiger charge is 2.27. The van der Waals surface area contributed by atoms with Gasteiger partial charge in [0, 0.05) is 11.6 Å². The molecule has 3 aromatic rings. The number of benzene rings is 2. The number of aromatic nitrogens is 2. The van der Waals surface area contributed by atoms with Crippen LogP contribution in [-0.4, -0.2) is 27.3 Å². The number of fused-ring (bicyclic) bond motifs is 1. The molecule has 1 aromatic heterocycles. The zero-order chi connectivity index (χ0) is 18.0. The minimum atomic E-state index is -1.70. The van der Waals surface area contributed by atoms with Crippen molar-refractivity contribution in [3.8, 4) is 0 Å². The SMILES string of the molecule is CC(O)(CNC(=O)Nn1cnc2ccccc21)c1ccc(F)cc1F. The van der Waals surface area contributed by atoms with E-state index in [-0.39, 0.29) is 12.1 Å². The van der Waals surface area contributed by atoms with Gasteiger partial charge in [-0.15, -0.1) is 0 Å². The Labute approximate surface area is 142 Å². The number of urea groups is 1. The Balaban J connectivity index is 1.67. The second kappa shape index (κ2) is 6.48. The van der Waals surface area contributed by atoms with Crippen LogP contribution in [0.25, 0.3) is 11.0 Å². The first-order valence-corrected chi connectivity index (χ1v) is 7.52. The summed E-state index contributed by atoms with van der Waals surface area (Å²) in [6.07, 6.45) is 1.45. The summed E-state index contributed by atoms with van der Waals surface area (Å²) in [6.45, 7) is 1.06. The van der Waals surface area contributed by atoms with Crippen molar-refractivity contribution in [3.05, 3.63) is 66.0 Å². The molecule has 0 bridgehead atoms. The van der Waals surface area contributed by atoms with Gasteiger partial charge in [0.1, 0.15) is 23.6 Å². The lowest BCUT2D eigenvalue weighted by Gasteiger charge is -2.24. The number of imidazole rings is 1. The Bertz CT molecular complexity index is 924. The smallest absolute Gasteiger partial charge is 0.334 e. The zero-order valence-corrected chi connectivity index (χ0v) is 13.3. The van der Waals surface area contributed by atoms with E-state index in [9.17, 15) is 18.7 Å². The van der Waals surface area contributed by atoms with Crippen LogP contribution in [0.3, 0.4) is 0 Å². The predicted octanol–water partition coefficient (Wildman–Crippen LogP) is 2.48. The highest BCUT2D eigenvalue weighted by atomic mass is 19.1. The van der Waals surface area contributed by atoms with Crippen molar-refractivity contribution < 1.29 is 18.7 Å². The molecule has 1 heterocycles. The Morgan fingerprint density at radius 2 is 2.04 bits per heavy atom. The second-order valence-electron chi connectivity index (χ2n) is 5.80. The Morgan fingerprint density at radius 3 is 2.80 bits per heavy atom. The van der Waals surface area contributed by atoms with Crippen LogP contribution in [0.1, 0.15) is 12.5 Å². The van der Waals surface area contributed by atoms with Crippen LogP contribution in [0.4, 0.5) is 13.6 Å². The van der Waals surface area contributed by atoms with Crippen LogP contribution >= 0.6 is 0 Å². The first kappa shape index (κ1) is 16.8. The molecule has 25 heavy (non-hydrogen) atoms. The van der Waals surface area contributed by atoms with Gasteiger partial charge in [-0.05, 0) is 25.1 Å². The fourth-order valence-electron chi connectivity index (χ4n) is 2.47. The molecule has 3 N–H and O–H groups in total. The van der Waals surface area contributed by atoms with Crippen LogP contribution < -0.4 is 10.7 Å². The van der Waals surface area contributed by atoms with Gasteiger partial charge in [-0.1, -0.05) is 18.2 Å². The molecule has 0 aliphatic rings. The maximum atomic E-state index is 13.8. The lowest BCUT2D eigenvalue weighted by molar-refractivity contribution is 0.0560. The van der Waals surface area contributed by atoms with Crippen molar-refractivity contribution in [1.29, 1.82) is 0 Å². The van der Waals surface area contributed by atoms with E-state index in [2.05, 4.69) is 15.7 Å². The maximum absolute atomic E-state index is 13.8. The standard InChI is InChI=1S/C17H16F2N4O2/c1-17(25,12-7-6-11(18)8-13(12)19)9-20-16(24)22-23-10-21-14-4-2-3-5-15(14)23/h2-8,10,25H,9H2,1H3,(H2,20,22,24). The molecule has 1 unspecified atom stereocenters. The summed E-state index contributed by atoms with van der Waals surface area (Å²) >= 11 is 0. The average Bonchev–Trinajstić information content (AvgIpc) is 2.96. The summed E-state index contributed by atoms with van der Waals surface area (Å²) in [5.74, 6) is -1.62. The van der Waals surface area contributed by atoms with Gasteiger partial charge in [0.05, 0.1) is 17.6 Å². The van der Waals surface area contributed by atoms with Gasteiger partial charge in [0.15, 0.2) is 0 Å². The number of amides is 2. The van der Waals surface area contributed by atoms with Crippen molar-refractivity contribution in [1.82, 2.24) is 15.0 Å². The van der Waals surface area contributed by atoms with E-state index in [1.54, 1.807) is 12.1 Å². The molecule has 0 radical (unpaired) electrons. The van der Waals surface area contributed by atoms with Crippen molar-refractivity contribution in [2.45, 2.75) is 12.5 Å². The van der Waals surface area contributed by atoms with Crippen molar-refractivity contribution in [3.63, 3.8) is 0 Å². The Hall–Kier alpha value is -3.00. The number of carbonyl (C=O) groups is 1. The van der Waals surface area contributed by atoms with Crippen LogP contribution in [0.2, 0.25) is 0 Å². The predicted molar refractivity (Wildman–Crippen MR) is 88.4 cm³/mol. The fraction of sp³-hybridized carbons (Fsp3) is 0.176. The minimum absolute atomic E-state index is 0.109. The van der Waals surface area contributed by atoms with Crippen LogP contribution in [0, 0.1) is 11.6 Å². The van der Waals surface area contributed by atoms with E-state index in [4.69, 9.17) is 0 Å². The lowest BCUT2D eigenvalue weighted by Crippen LogP contribution is -2.42. The summed E-state index contributed by atoms with van der Waals surface area (Å²) in [4.78, 5) is 16.2. The summed E-state index contributed by atoms with van der Waals surface area (Å²) in [5.41, 5.74) is 2.15. The molecule has 3 rings (SSSR count). The molecule has 6 nitrogen and oxygen atoms in total. The third-order valence-electron chi connectivity index (χ3n) is 3.78. The molecule has 0 saturated heterocycles. The number of hydrogen-bond acceptors (Lipinski definition) is 3. The number of nitrogens with one attached hydrogen (secondary N) is 2. The molecule has 0 saturated carbocycles. The Morgan fingerprint density at radius 1 is 1.28 bits per heavy atom. The third kappa shape index (κ3) is 3.58. The van der Waals surface area contributed by atoms with Gasteiger partial charge in [0.2, 0.25) is 0 Å². The van der Waals surface area contributed by atoms with E-state index >= 15 is 0 Å². The highest BCUT2D eigenvalue weighted by molar-refractivity contribution is 5.85. The summed E-state index contributed by atoms with van der Waals surface area (Å²) in [6, 6.07) is 9.49. The van der Waals surface area contributed by atoms with Gasteiger partial charge >= 0.3 is 6.03 Å². The molecule has 0 fully saturated rings. The number of hydrogen-bond donors (Lipinski definition) is 3. The van der Waals surface area contributed by atoms with E-state index in [1.807, 2.05) is 12.1 Å². The first-order chi connectivity index (χ1) is 11.9. The van der Waals surface area contributed by atoms with E-state index in [0.717, 1.165) is 12.1 Å². The number of halogens is 2. The van der Waals surface area contributed by atoms with Gasteiger partial charge in [0.25, 0.3) is 0 Å². The fourth-order valence-corrected chi connectivity index (χ4v) is 2.47. The third-order valence-corrected chi connectivity index (χ3v) is 3.78. The minimum Gasteiger partial charge on any atom is -0.383 e. The number of rotatable bonds is 4. The molecule has 2 aromatic carbocycles. The summed E-state index contributed by atoms with van der Waals surface area (Å²) < 4.78 is 28.2. The number of para-hydroxylation sites is 2. The topological polar surface area (TPSA) is 79.2 Å². The molecule has 8 heteroatoms. The lowest BCUT2D eigenvalue weighted by atomic mass is 9.95. The monoisotopic (exact) mass is 346 g/mol. The zero-order valence-electron chi connectivity index (χ0n) is 13.3. The molecular weight excluding hydrogens is 330 g/mol. The first-order valence-electron chi connectivity index (χ1n) is 7.52. The van der Waals surface area contributed by atoms with Crippen LogP contribution in [0.15, 0.2) is 48.8 Å². The van der Waals surface area contributed by atoms with Crippen molar-refractivity contribution in [2.75, 3.05) is 12.0 Å². The van der Waals surface area contributed by atoms with E-state index in [1.165, 1.54) is 17.9 Å². The molecule has 130 valence electrons. The van der Waals surface area contributed by atoms with Crippen molar-refractivity contribution in [2.24, 2.45) is 0 Å². The van der Waals surface area contributed by atoms with Crippen molar-refractivity contribution >= 4 is 17.1 Å². The molecule has 1 atom stereocenters. The van der Waals surface area contributed by atoms with Gasteiger partial charge < -0.3 is 10.4 Å². The van der Waals surface area contributed by atoms with Gasteiger partial charge in [-0.3, -0.25) is 0 Å². The van der Waals surface area contributed by atoms with Gasteiger partial charge in [-0.2, -0.15) is 0 Å². The molecule has 0 aliphatic heterocycles. The molecule has 0 aliphatic carbocycles. The van der Waals surface area contributed by atoms with E-state index in [0.29, 0.717) is 17.1 Å². The second-order valence-corrected chi connectivity index (χ2v) is 5.80. The Kier molecular flexibility index (Phi) is 4.37. The molecule has 0 spiro atoms. The van der Waals surface area contributed by atoms with E-state index < -0.39 is 23.3 Å². The van der Waals surface area contributed by atoms with Gasteiger partial charge in [-0.25, -0.2) is 28.7 Å². The number of aliphatic hydroxyl groups is 1. The highest BCUT2D eigenvalue weighted by Crippen LogP contribution is 2.23. The van der Waals surface area contributed by atoms with Crippen LogP contribution in [-0.2, 0) is 5.60 Å². The average molecular weight is 346 g/mol. The number of carbonyl (C=O) groups excluding carboxylic acids is 1. The molecular formula is C17H16F2N4O2. The molecule has 2 amide bonds. The largest absolute Gasteiger partial charge is 0.383 e. The summed E-state index contributed by atoms with van der Waals surface area (Å²) in [5, 5.41) is 12.8. The van der Waals surface area contributed by atoms with Crippen LogP contribution in [0.5, 0.6) is 0 Å². The summed E-state index contributed by atoms with van der Waals surface area (Å²) in [7, 11) is 0. The maximum Gasteiger partial charge on any atom is 0.334 e.